The maximum Gasteiger partial charge on any atom is 0.430 e. The maximum absolute atomic E-state index is 12.0. The van der Waals surface area contributed by atoms with Gasteiger partial charge in [-0.15, -0.1) is 0 Å². The Morgan fingerprint density at radius 2 is 1.74 bits per heavy atom. The third kappa shape index (κ3) is 6.10. The van der Waals surface area contributed by atoms with Gasteiger partial charge in [0.2, 0.25) is 11.5 Å². The summed E-state index contributed by atoms with van der Waals surface area (Å²) in [6.07, 6.45) is -3.23. The van der Waals surface area contributed by atoms with Crippen LogP contribution in [0.25, 0.3) is 0 Å². The molecule has 0 atom stereocenters. The lowest BCUT2D eigenvalue weighted by Crippen LogP contribution is -2.85. The number of aliphatic carboxylic acids is 1. The van der Waals surface area contributed by atoms with Crippen LogP contribution in [0, 0.1) is 0 Å². The standard InChI is InChI=1S/C9H15N5O2.C2HF3O2/c10-8-7(12-16-13-8)9(15)14-5-1-3-11-4-2-6-14;3-2(4,5)1(6)7/h11H,1-6H2,(H2,10,13);(H,6,7). The average Bonchev–Trinajstić information content (AvgIpc) is 2.83. The first-order chi connectivity index (χ1) is 10.7. The second-order valence-corrected chi connectivity index (χ2v) is 4.65. The molecule has 2 heterocycles. The molecule has 1 amide bonds. The molecule has 2 rings (SSSR count). The van der Waals surface area contributed by atoms with E-state index in [0.29, 0.717) is 0 Å². The van der Waals surface area contributed by atoms with Gasteiger partial charge in [-0.2, -0.15) is 13.2 Å². The lowest BCUT2D eigenvalue weighted by molar-refractivity contribution is -0.656. The van der Waals surface area contributed by atoms with Crippen molar-refractivity contribution in [2.45, 2.75) is 19.0 Å². The number of rotatable bonds is 1. The third-order valence-corrected chi connectivity index (χ3v) is 2.91. The molecule has 1 aliphatic heterocycles. The maximum atomic E-state index is 12.0. The Balaban J connectivity index is 0.000000322. The second kappa shape index (κ2) is 8.31. The summed E-state index contributed by atoms with van der Waals surface area (Å²) in [5, 5.41) is 18.0. The second-order valence-electron chi connectivity index (χ2n) is 4.65. The van der Waals surface area contributed by atoms with Gasteiger partial charge in [0.1, 0.15) is 5.97 Å². The molecular weight excluding hydrogens is 323 g/mol. The minimum atomic E-state index is -5.19. The van der Waals surface area contributed by atoms with Crippen LogP contribution in [0.4, 0.5) is 19.0 Å². The van der Waals surface area contributed by atoms with Crippen molar-refractivity contribution in [3.05, 3.63) is 5.69 Å². The van der Waals surface area contributed by atoms with E-state index in [2.05, 4.69) is 20.3 Å². The van der Waals surface area contributed by atoms with Crippen molar-refractivity contribution in [3.63, 3.8) is 0 Å². The van der Waals surface area contributed by atoms with Crippen LogP contribution in [0.15, 0.2) is 4.63 Å². The summed E-state index contributed by atoms with van der Waals surface area (Å²) < 4.78 is 36.0. The van der Waals surface area contributed by atoms with Gasteiger partial charge in [-0.3, -0.25) is 4.79 Å². The van der Waals surface area contributed by atoms with Gasteiger partial charge in [-0.1, -0.05) is 0 Å². The number of carbonyl (C=O) groups is 2. The number of carboxylic acid groups (broad SMARTS) is 1. The average molecular weight is 339 g/mol. The normalized spacial score (nSPS) is 15.9. The molecule has 0 aromatic carbocycles. The summed E-state index contributed by atoms with van der Waals surface area (Å²) in [6.45, 7) is 3.58. The lowest BCUT2D eigenvalue weighted by Gasteiger charge is -2.22. The van der Waals surface area contributed by atoms with Crippen molar-refractivity contribution < 1.29 is 37.8 Å². The summed E-state index contributed by atoms with van der Waals surface area (Å²) in [7, 11) is 0. The van der Waals surface area contributed by atoms with Crippen LogP contribution < -0.4 is 16.2 Å². The van der Waals surface area contributed by atoms with E-state index in [1.165, 1.54) is 0 Å². The number of nitrogens with two attached hydrogens (primary N) is 2. The number of quaternary nitrogens is 1. The Hall–Kier alpha value is -2.37. The molecule has 0 spiro atoms. The van der Waals surface area contributed by atoms with Crippen LogP contribution in [0.5, 0.6) is 0 Å². The predicted octanol–water partition coefficient (Wildman–Crippen LogP) is -2.25. The van der Waals surface area contributed by atoms with E-state index in [1.807, 2.05) is 0 Å². The minimum absolute atomic E-state index is 0.0682. The van der Waals surface area contributed by atoms with E-state index in [-0.39, 0.29) is 17.4 Å². The van der Waals surface area contributed by atoms with E-state index in [1.54, 1.807) is 4.90 Å². The fourth-order valence-electron chi connectivity index (χ4n) is 1.81. The number of carboxylic acids is 1. The van der Waals surface area contributed by atoms with Gasteiger partial charge >= 0.3 is 6.18 Å². The number of carbonyl (C=O) groups excluding carboxylic acids is 2. The first-order valence-electron chi connectivity index (χ1n) is 6.70. The van der Waals surface area contributed by atoms with Crippen LogP contribution in [-0.4, -0.2) is 59.4 Å². The van der Waals surface area contributed by atoms with Gasteiger partial charge in [0, 0.05) is 25.9 Å². The molecule has 23 heavy (non-hydrogen) atoms. The van der Waals surface area contributed by atoms with Crippen molar-refractivity contribution in [1.82, 2.24) is 15.2 Å². The van der Waals surface area contributed by atoms with E-state index in [9.17, 15) is 18.0 Å². The van der Waals surface area contributed by atoms with Crippen molar-refractivity contribution in [2.24, 2.45) is 0 Å². The summed E-state index contributed by atoms with van der Waals surface area (Å²) in [4.78, 5) is 22.6. The molecule has 0 unspecified atom stereocenters. The Morgan fingerprint density at radius 1 is 1.22 bits per heavy atom. The summed E-state index contributed by atoms with van der Waals surface area (Å²) >= 11 is 0. The first-order valence-corrected chi connectivity index (χ1v) is 6.70. The van der Waals surface area contributed by atoms with E-state index in [0.717, 1.165) is 39.0 Å². The van der Waals surface area contributed by atoms with Crippen molar-refractivity contribution >= 4 is 17.7 Å². The zero-order valence-electron chi connectivity index (χ0n) is 12.0. The zero-order chi connectivity index (χ0) is 17.5. The molecule has 1 aliphatic rings. The van der Waals surface area contributed by atoms with Crippen LogP contribution in [-0.2, 0) is 4.79 Å². The fourth-order valence-corrected chi connectivity index (χ4v) is 1.81. The molecule has 12 heteroatoms. The molecule has 1 saturated heterocycles. The number of anilines is 1. The molecule has 1 fully saturated rings. The van der Waals surface area contributed by atoms with Crippen molar-refractivity contribution in [1.29, 1.82) is 0 Å². The van der Waals surface area contributed by atoms with Gasteiger partial charge in [0.05, 0.1) is 13.1 Å². The Labute approximate surface area is 128 Å². The highest BCUT2D eigenvalue weighted by Crippen LogP contribution is 2.11. The summed E-state index contributed by atoms with van der Waals surface area (Å²) in [6, 6.07) is 0. The van der Waals surface area contributed by atoms with Gasteiger partial charge in [-0.05, 0) is 10.3 Å². The number of alkyl halides is 3. The largest absolute Gasteiger partial charge is 0.542 e. The molecule has 0 aliphatic carbocycles. The van der Waals surface area contributed by atoms with Crippen LogP contribution >= 0.6 is 0 Å². The van der Waals surface area contributed by atoms with Gasteiger partial charge in [-0.25, -0.2) is 4.63 Å². The van der Waals surface area contributed by atoms with Gasteiger partial charge in [0.25, 0.3) is 5.91 Å². The first kappa shape index (κ1) is 18.7. The molecule has 1 aromatic heterocycles. The molecule has 1 aromatic rings. The Kier molecular flexibility index (Phi) is 6.75. The molecule has 130 valence electrons. The van der Waals surface area contributed by atoms with Crippen LogP contribution in [0.1, 0.15) is 23.3 Å². The number of aromatic nitrogens is 2. The van der Waals surface area contributed by atoms with Gasteiger partial charge in [0.15, 0.2) is 0 Å². The molecule has 0 saturated carbocycles. The molecule has 0 radical (unpaired) electrons. The SMILES string of the molecule is Nc1nonc1C(=O)N1CCC[NH2+]CCC1.O=C([O-])C(F)(F)F. The Morgan fingerprint density at radius 3 is 2.13 bits per heavy atom. The predicted molar refractivity (Wildman–Crippen MR) is 66.6 cm³/mol. The topological polar surface area (TPSA) is 142 Å². The number of hydrogen-bond acceptors (Lipinski definition) is 7. The Bertz CT molecular complexity index is 526. The number of hydrogen-bond donors (Lipinski definition) is 2. The van der Waals surface area contributed by atoms with Crippen molar-refractivity contribution in [2.75, 3.05) is 31.9 Å². The molecular formula is C11H16F3N5O4. The fraction of sp³-hybridized carbons (Fsp3) is 0.636. The highest BCUT2D eigenvalue weighted by Gasteiger charge is 2.28. The third-order valence-electron chi connectivity index (χ3n) is 2.91. The quantitative estimate of drug-likeness (QED) is 0.588. The monoisotopic (exact) mass is 339 g/mol. The van der Waals surface area contributed by atoms with E-state index in [4.69, 9.17) is 15.6 Å². The van der Waals surface area contributed by atoms with E-state index >= 15 is 0 Å². The molecule has 4 N–H and O–H groups in total. The molecule has 9 nitrogen and oxygen atoms in total. The number of amides is 1. The van der Waals surface area contributed by atoms with Gasteiger partial charge < -0.3 is 25.9 Å². The van der Waals surface area contributed by atoms with Crippen LogP contribution in [0.3, 0.4) is 0 Å². The highest BCUT2D eigenvalue weighted by atomic mass is 19.4. The minimum Gasteiger partial charge on any atom is -0.542 e. The summed E-state index contributed by atoms with van der Waals surface area (Å²) in [5.74, 6) is -3.12. The number of nitrogens with zero attached hydrogens (tertiary/aromatic N) is 3. The number of halogens is 3. The highest BCUT2D eigenvalue weighted by molar-refractivity contribution is 5.96. The summed E-state index contributed by atoms with van der Waals surface area (Å²) in [5.41, 5.74) is 5.63. The van der Waals surface area contributed by atoms with Crippen molar-refractivity contribution in [3.8, 4) is 0 Å². The van der Waals surface area contributed by atoms with Crippen LogP contribution in [0.2, 0.25) is 0 Å². The zero-order valence-corrected chi connectivity index (χ0v) is 12.0. The van der Waals surface area contributed by atoms with E-state index < -0.39 is 12.1 Å². The molecule has 0 bridgehead atoms. The number of nitrogen functional groups attached to an aromatic ring is 1. The smallest absolute Gasteiger partial charge is 0.430 e. The lowest BCUT2D eigenvalue weighted by atomic mass is 10.2.